The second kappa shape index (κ2) is 9.58. The van der Waals surface area contributed by atoms with Crippen LogP contribution in [0.4, 0.5) is 0 Å². The Hall–Kier alpha value is -2.84. The fourth-order valence-corrected chi connectivity index (χ4v) is 3.59. The second-order valence-corrected chi connectivity index (χ2v) is 7.78. The van der Waals surface area contributed by atoms with E-state index in [0.717, 1.165) is 19.3 Å². The number of hydrogen-bond donors (Lipinski definition) is 0. The zero-order chi connectivity index (χ0) is 20.8. The monoisotopic (exact) mass is 400 g/mol. The van der Waals surface area contributed by atoms with Crippen molar-refractivity contribution in [3.8, 4) is 0 Å². The summed E-state index contributed by atoms with van der Waals surface area (Å²) in [6, 6.07) is 1.63. The summed E-state index contributed by atoms with van der Waals surface area (Å²) in [4.78, 5) is 41.0. The molecule has 1 fully saturated rings. The smallest absolute Gasteiger partial charge is 0.291 e. The van der Waals surface area contributed by atoms with Crippen LogP contribution in [-0.4, -0.2) is 67.4 Å². The molecule has 2 aromatic rings. The molecule has 3 rings (SSSR count). The van der Waals surface area contributed by atoms with Gasteiger partial charge in [0.15, 0.2) is 5.82 Å². The zero-order valence-electron chi connectivity index (χ0n) is 17.2. The van der Waals surface area contributed by atoms with E-state index in [1.165, 1.54) is 0 Å². The molecule has 0 spiro atoms. The summed E-state index contributed by atoms with van der Waals surface area (Å²) in [5.74, 6) is 1.64. The van der Waals surface area contributed by atoms with Crippen molar-refractivity contribution in [2.24, 2.45) is 5.92 Å². The first kappa shape index (κ1) is 20.9. The number of rotatable bonds is 7. The van der Waals surface area contributed by atoms with E-state index in [4.69, 9.17) is 4.52 Å². The van der Waals surface area contributed by atoms with Crippen molar-refractivity contribution < 1.29 is 14.1 Å². The molecule has 1 saturated heterocycles. The summed E-state index contributed by atoms with van der Waals surface area (Å²) < 4.78 is 5.28. The van der Waals surface area contributed by atoms with E-state index in [1.54, 1.807) is 30.3 Å². The van der Waals surface area contributed by atoms with Gasteiger partial charge in [0.2, 0.25) is 17.6 Å². The van der Waals surface area contributed by atoms with Gasteiger partial charge in [-0.1, -0.05) is 19.0 Å². The third kappa shape index (κ3) is 5.58. The van der Waals surface area contributed by atoms with E-state index in [-0.39, 0.29) is 23.7 Å². The van der Waals surface area contributed by atoms with Crippen LogP contribution in [0, 0.1) is 5.92 Å². The van der Waals surface area contributed by atoms with E-state index in [0.29, 0.717) is 43.7 Å². The fourth-order valence-electron chi connectivity index (χ4n) is 3.59. The largest absolute Gasteiger partial charge is 0.339 e. The lowest BCUT2D eigenvalue weighted by Crippen LogP contribution is -2.52. The molecule has 2 amide bonds. The Morgan fingerprint density at radius 3 is 2.76 bits per heavy atom. The Morgan fingerprint density at radius 2 is 2.07 bits per heavy atom. The lowest BCUT2D eigenvalue weighted by atomic mass is 10.0. The first-order valence-corrected chi connectivity index (χ1v) is 10.1. The van der Waals surface area contributed by atoms with Gasteiger partial charge in [-0.3, -0.25) is 9.59 Å². The summed E-state index contributed by atoms with van der Waals surface area (Å²) in [5, 5.41) is 4.02. The average molecular weight is 400 g/mol. The van der Waals surface area contributed by atoms with Crippen LogP contribution in [-0.2, 0) is 17.6 Å². The van der Waals surface area contributed by atoms with Gasteiger partial charge in [0.25, 0.3) is 5.91 Å². The van der Waals surface area contributed by atoms with E-state index in [9.17, 15) is 9.59 Å². The summed E-state index contributed by atoms with van der Waals surface area (Å²) in [7, 11) is 0. The Kier molecular flexibility index (Phi) is 6.90. The van der Waals surface area contributed by atoms with Crippen molar-refractivity contribution in [1.29, 1.82) is 0 Å². The highest BCUT2D eigenvalue weighted by molar-refractivity contribution is 5.90. The summed E-state index contributed by atoms with van der Waals surface area (Å²) >= 11 is 0. The molecular formula is C20H28N6O3. The number of aromatic nitrogens is 4. The number of amides is 2. The van der Waals surface area contributed by atoms with Gasteiger partial charge in [-0.25, -0.2) is 9.97 Å². The normalized spacial score (nSPS) is 16.8. The molecule has 2 aromatic heterocycles. The zero-order valence-corrected chi connectivity index (χ0v) is 17.2. The number of carbonyl (C=O) groups is 2. The Balaban J connectivity index is 1.61. The van der Waals surface area contributed by atoms with Crippen LogP contribution in [0.2, 0.25) is 0 Å². The third-order valence-corrected chi connectivity index (χ3v) is 4.96. The molecule has 3 heterocycles. The maximum atomic E-state index is 12.7. The van der Waals surface area contributed by atoms with Crippen LogP contribution in [0.15, 0.2) is 23.0 Å². The first-order valence-electron chi connectivity index (χ1n) is 10.1. The van der Waals surface area contributed by atoms with Crippen molar-refractivity contribution in [1.82, 2.24) is 29.9 Å². The van der Waals surface area contributed by atoms with Crippen LogP contribution in [0.5, 0.6) is 0 Å². The van der Waals surface area contributed by atoms with Crippen LogP contribution in [0.1, 0.15) is 55.9 Å². The lowest BCUT2D eigenvalue weighted by molar-refractivity contribution is -0.132. The predicted molar refractivity (Wildman–Crippen MR) is 105 cm³/mol. The molecule has 29 heavy (non-hydrogen) atoms. The van der Waals surface area contributed by atoms with Gasteiger partial charge in [-0.05, 0) is 24.8 Å². The van der Waals surface area contributed by atoms with Crippen LogP contribution in [0.25, 0.3) is 0 Å². The van der Waals surface area contributed by atoms with Crippen molar-refractivity contribution in [3.63, 3.8) is 0 Å². The van der Waals surface area contributed by atoms with Gasteiger partial charge >= 0.3 is 0 Å². The average Bonchev–Trinajstić information content (AvgIpc) is 3.14. The number of nitrogens with zero attached hydrogens (tertiary/aromatic N) is 6. The second-order valence-electron chi connectivity index (χ2n) is 7.78. The molecule has 0 saturated carbocycles. The maximum absolute atomic E-state index is 12.7. The molecule has 1 aliphatic heterocycles. The Morgan fingerprint density at radius 1 is 1.31 bits per heavy atom. The first-order chi connectivity index (χ1) is 13.9. The van der Waals surface area contributed by atoms with Gasteiger partial charge in [0.1, 0.15) is 0 Å². The molecule has 0 aromatic carbocycles. The minimum Gasteiger partial charge on any atom is -0.339 e. The van der Waals surface area contributed by atoms with Gasteiger partial charge in [-0.2, -0.15) is 4.98 Å². The molecule has 1 atom stereocenters. The standard InChI is InChI=1S/C20H28N6O3/c1-14(2)12-18-23-17(24-29-18)7-11-26(15(3)27)16-6-4-10-25(13-16)20(28)19-21-8-5-9-22-19/h5,8-9,14,16H,4,6-7,10-13H2,1-3H3. The van der Waals surface area contributed by atoms with E-state index in [2.05, 4.69) is 34.0 Å². The van der Waals surface area contributed by atoms with Crippen LogP contribution < -0.4 is 0 Å². The fraction of sp³-hybridized carbons (Fsp3) is 0.600. The number of hydrogen-bond acceptors (Lipinski definition) is 7. The van der Waals surface area contributed by atoms with Crippen molar-refractivity contribution >= 4 is 11.8 Å². The Labute approximate surface area is 170 Å². The highest BCUT2D eigenvalue weighted by Crippen LogP contribution is 2.18. The minimum absolute atomic E-state index is 0.0221. The number of likely N-dealkylation sites (tertiary alicyclic amines) is 1. The molecular weight excluding hydrogens is 372 g/mol. The summed E-state index contributed by atoms with van der Waals surface area (Å²) in [5.41, 5.74) is 0. The highest BCUT2D eigenvalue weighted by Gasteiger charge is 2.30. The van der Waals surface area contributed by atoms with E-state index >= 15 is 0 Å². The lowest BCUT2D eigenvalue weighted by Gasteiger charge is -2.38. The maximum Gasteiger partial charge on any atom is 0.291 e. The third-order valence-electron chi connectivity index (χ3n) is 4.96. The minimum atomic E-state index is -0.199. The molecule has 0 aliphatic carbocycles. The van der Waals surface area contributed by atoms with Crippen LogP contribution in [0.3, 0.4) is 0 Å². The molecule has 0 bridgehead atoms. The summed E-state index contributed by atoms with van der Waals surface area (Å²) in [6.45, 7) is 7.35. The van der Waals surface area contributed by atoms with Crippen molar-refractivity contribution in [2.75, 3.05) is 19.6 Å². The van der Waals surface area contributed by atoms with Crippen LogP contribution >= 0.6 is 0 Å². The molecule has 1 unspecified atom stereocenters. The highest BCUT2D eigenvalue weighted by atomic mass is 16.5. The topological polar surface area (TPSA) is 105 Å². The van der Waals surface area contributed by atoms with Crippen molar-refractivity contribution in [2.45, 2.75) is 52.5 Å². The quantitative estimate of drug-likeness (QED) is 0.697. The van der Waals surface area contributed by atoms with Gasteiger partial charge in [0, 0.05) is 57.8 Å². The van der Waals surface area contributed by atoms with Gasteiger partial charge in [-0.15, -0.1) is 0 Å². The molecule has 0 N–H and O–H groups in total. The van der Waals surface area contributed by atoms with Gasteiger partial charge < -0.3 is 14.3 Å². The van der Waals surface area contributed by atoms with E-state index in [1.807, 2.05) is 4.90 Å². The van der Waals surface area contributed by atoms with Gasteiger partial charge in [0.05, 0.1) is 0 Å². The molecule has 156 valence electrons. The molecule has 1 aliphatic rings. The SMILES string of the molecule is CC(=O)N(CCc1noc(CC(C)C)n1)C1CCCN(C(=O)c2ncccn2)C1. The number of carbonyl (C=O) groups excluding carboxylic acids is 2. The number of piperidine rings is 1. The molecule has 9 heteroatoms. The molecule has 9 nitrogen and oxygen atoms in total. The van der Waals surface area contributed by atoms with Crippen molar-refractivity contribution in [3.05, 3.63) is 36.0 Å². The molecule has 0 radical (unpaired) electrons. The Bertz CT molecular complexity index is 823. The summed E-state index contributed by atoms with van der Waals surface area (Å²) in [6.07, 6.45) is 6.06. The predicted octanol–water partition coefficient (Wildman–Crippen LogP) is 1.75. The van der Waals surface area contributed by atoms with E-state index < -0.39 is 0 Å².